The number of likely N-dealkylation sites (N-methyl/N-ethyl adjacent to an activating group) is 1. The van der Waals surface area contributed by atoms with Crippen LogP contribution in [0.15, 0.2) is 65.7 Å². The van der Waals surface area contributed by atoms with Crippen LogP contribution in [0, 0.1) is 0 Å². The van der Waals surface area contributed by atoms with Crippen LogP contribution in [0.1, 0.15) is 36.8 Å². The minimum atomic E-state index is 0. The predicted molar refractivity (Wildman–Crippen MR) is 147 cm³/mol. The molecule has 0 atom stereocenters. The highest BCUT2D eigenvalue weighted by atomic mass is 127. The summed E-state index contributed by atoms with van der Waals surface area (Å²) in [5, 5.41) is 6.94. The molecule has 0 aromatic heterocycles. The van der Waals surface area contributed by atoms with Gasteiger partial charge in [-0.2, -0.15) is 0 Å². The van der Waals surface area contributed by atoms with E-state index in [1.807, 2.05) is 0 Å². The normalized spacial score (nSPS) is 15.4. The number of aliphatic imine (C=N–C) groups is 1. The summed E-state index contributed by atoms with van der Waals surface area (Å²) in [5.74, 6) is 1.18. The number of halogens is 1. The quantitative estimate of drug-likeness (QED) is 0.204. The SMILES string of the molecule is CCNC(=NCC(c1ccccc1)c1ccccc1)NCCCCN1CCN(C)CC1.I. The maximum atomic E-state index is 4.94. The summed E-state index contributed by atoms with van der Waals surface area (Å²) in [6.45, 7) is 10.7. The van der Waals surface area contributed by atoms with E-state index >= 15 is 0 Å². The van der Waals surface area contributed by atoms with Gasteiger partial charge in [0.2, 0.25) is 0 Å². The van der Waals surface area contributed by atoms with Gasteiger partial charge in [0.25, 0.3) is 0 Å². The van der Waals surface area contributed by atoms with Gasteiger partial charge in [0.15, 0.2) is 5.96 Å². The van der Waals surface area contributed by atoms with E-state index in [2.05, 4.69) is 95.1 Å². The Labute approximate surface area is 211 Å². The molecule has 0 spiro atoms. The monoisotopic (exact) mass is 549 g/mol. The van der Waals surface area contributed by atoms with E-state index < -0.39 is 0 Å². The Kier molecular flexibility index (Phi) is 12.7. The number of piperazine rings is 1. The number of nitrogens with one attached hydrogen (secondary N) is 2. The Morgan fingerprint density at radius 1 is 0.875 bits per heavy atom. The summed E-state index contributed by atoms with van der Waals surface area (Å²) in [6, 6.07) is 21.4. The zero-order chi connectivity index (χ0) is 21.7. The number of guanidine groups is 1. The lowest BCUT2D eigenvalue weighted by Crippen LogP contribution is -2.44. The van der Waals surface area contributed by atoms with E-state index in [0.717, 1.165) is 32.0 Å². The summed E-state index contributed by atoms with van der Waals surface area (Å²) in [4.78, 5) is 9.94. The second kappa shape index (κ2) is 15.2. The number of hydrogen-bond acceptors (Lipinski definition) is 3. The molecule has 3 rings (SSSR count). The van der Waals surface area contributed by atoms with Crippen molar-refractivity contribution >= 4 is 29.9 Å². The topological polar surface area (TPSA) is 42.9 Å². The Hall–Kier alpha value is -1.64. The summed E-state index contributed by atoms with van der Waals surface area (Å²) in [7, 11) is 2.21. The summed E-state index contributed by atoms with van der Waals surface area (Å²) >= 11 is 0. The van der Waals surface area contributed by atoms with Crippen molar-refractivity contribution in [2.75, 3.05) is 59.4 Å². The minimum absolute atomic E-state index is 0. The van der Waals surface area contributed by atoms with Crippen LogP contribution >= 0.6 is 24.0 Å². The second-order valence-electron chi connectivity index (χ2n) is 8.37. The average molecular weight is 550 g/mol. The molecule has 1 aliphatic heterocycles. The van der Waals surface area contributed by atoms with Gasteiger partial charge in [-0.15, -0.1) is 24.0 Å². The Morgan fingerprint density at radius 2 is 1.47 bits per heavy atom. The molecule has 0 radical (unpaired) electrons. The highest BCUT2D eigenvalue weighted by Gasteiger charge is 2.14. The molecular weight excluding hydrogens is 509 g/mol. The minimum Gasteiger partial charge on any atom is -0.357 e. The van der Waals surface area contributed by atoms with Crippen molar-refractivity contribution in [2.45, 2.75) is 25.7 Å². The maximum Gasteiger partial charge on any atom is 0.191 e. The zero-order valence-electron chi connectivity index (χ0n) is 19.7. The molecule has 6 heteroatoms. The first-order valence-corrected chi connectivity index (χ1v) is 11.8. The highest BCUT2D eigenvalue weighted by Crippen LogP contribution is 2.24. The van der Waals surface area contributed by atoms with Crippen LogP contribution < -0.4 is 10.6 Å². The Balaban J connectivity index is 0.00000363. The second-order valence-corrected chi connectivity index (χ2v) is 8.37. The van der Waals surface area contributed by atoms with E-state index in [1.165, 1.54) is 50.3 Å². The molecule has 1 aliphatic rings. The first kappa shape index (κ1) is 26.6. The molecule has 1 heterocycles. The van der Waals surface area contributed by atoms with E-state index in [4.69, 9.17) is 4.99 Å². The van der Waals surface area contributed by atoms with Gasteiger partial charge >= 0.3 is 0 Å². The molecule has 0 bridgehead atoms. The van der Waals surface area contributed by atoms with Crippen molar-refractivity contribution < 1.29 is 0 Å². The lowest BCUT2D eigenvalue weighted by molar-refractivity contribution is 0.152. The van der Waals surface area contributed by atoms with Crippen molar-refractivity contribution in [1.29, 1.82) is 0 Å². The third-order valence-electron chi connectivity index (χ3n) is 5.97. The van der Waals surface area contributed by atoms with Crippen LogP contribution in [0.4, 0.5) is 0 Å². The first-order valence-electron chi connectivity index (χ1n) is 11.8. The third kappa shape index (κ3) is 9.08. The molecule has 1 fully saturated rings. The van der Waals surface area contributed by atoms with Crippen molar-refractivity contribution in [2.24, 2.45) is 4.99 Å². The van der Waals surface area contributed by atoms with Gasteiger partial charge in [-0.3, -0.25) is 4.99 Å². The molecule has 2 aromatic carbocycles. The van der Waals surface area contributed by atoms with Crippen molar-refractivity contribution in [3.63, 3.8) is 0 Å². The number of unbranched alkanes of at least 4 members (excludes halogenated alkanes) is 1. The van der Waals surface area contributed by atoms with Crippen LogP contribution in [-0.4, -0.2) is 75.2 Å². The molecule has 176 valence electrons. The van der Waals surface area contributed by atoms with Gasteiger partial charge in [0.05, 0.1) is 6.54 Å². The lowest BCUT2D eigenvalue weighted by atomic mass is 9.91. The molecule has 0 aliphatic carbocycles. The third-order valence-corrected chi connectivity index (χ3v) is 5.97. The summed E-state index contributed by atoms with van der Waals surface area (Å²) in [6.07, 6.45) is 2.39. The molecule has 32 heavy (non-hydrogen) atoms. The van der Waals surface area contributed by atoms with Gasteiger partial charge in [-0.05, 0) is 44.5 Å². The Morgan fingerprint density at radius 3 is 2.03 bits per heavy atom. The molecule has 2 N–H and O–H groups in total. The van der Waals surface area contributed by atoms with Crippen LogP contribution in [0.5, 0.6) is 0 Å². The smallest absolute Gasteiger partial charge is 0.191 e. The fourth-order valence-corrected chi connectivity index (χ4v) is 4.04. The highest BCUT2D eigenvalue weighted by molar-refractivity contribution is 14.0. The van der Waals surface area contributed by atoms with Crippen molar-refractivity contribution in [3.05, 3.63) is 71.8 Å². The van der Waals surface area contributed by atoms with Gasteiger partial charge in [-0.25, -0.2) is 0 Å². The lowest BCUT2D eigenvalue weighted by Gasteiger charge is -2.32. The maximum absolute atomic E-state index is 4.94. The predicted octanol–water partition coefficient (Wildman–Crippen LogP) is 4.02. The number of rotatable bonds is 10. The fraction of sp³-hybridized carbons (Fsp3) is 0.500. The summed E-state index contributed by atoms with van der Waals surface area (Å²) in [5.41, 5.74) is 2.61. The van der Waals surface area contributed by atoms with Crippen LogP contribution in [0.3, 0.4) is 0 Å². The molecule has 2 aromatic rings. The van der Waals surface area contributed by atoms with Crippen molar-refractivity contribution in [3.8, 4) is 0 Å². The molecule has 1 saturated heterocycles. The van der Waals surface area contributed by atoms with E-state index in [-0.39, 0.29) is 29.9 Å². The molecule has 5 nitrogen and oxygen atoms in total. The number of hydrogen-bond donors (Lipinski definition) is 2. The first-order chi connectivity index (χ1) is 15.3. The average Bonchev–Trinajstić information content (AvgIpc) is 2.81. The van der Waals surface area contributed by atoms with E-state index in [1.54, 1.807) is 0 Å². The van der Waals surface area contributed by atoms with Gasteiger partial charge < -0.3 is 20.4 Å². The van der Waals surface area contributed by atoms with Crippen LogP contribution in [0.25, 0.3) is 0 Å². The zero-order valence-corrected chi connectivity index (χ0v) is 22.0. The fourth-order valence-electron chi connectivity index (χ4n) is 4.04. The Bertz CT molecular complexity index is 721. The number of benzene rings is 2. The standard InChI is InChI=1S/C26H39N5.HI/c1-3-27-26(28-16-10-11-17-31-20-18-30(2)19-21-31)29-22-25(23-12-6-4-7-13-23)24-14-8-5-9-15-24;/h4-9,12-15,25H,3,10-11,16-22H2,1-2H3,(H2,27,28,29);1H. The molecule has 0 amide bonds. The van der Waals surface area contributed by atoms with Crippen LogP contribution in [-0.2, 0) is 0 Å². The van der Waals surface area contributed by atoms with Gasteiger partial charge in [-0.1, -0.05) is 60.7 Å². The summed E-state index contributed by atoms with van der Waals surface area (Å²) < 4.78 is 0. The van der Waals surface area contributed by atoms with Crippen molar-refractivity contribution in [1.82, 2.24) is 20.4 Å². The van der Waals surface area contributed by atoms with Gasteiger partial charge in [0.1, 0.15) is 0 Å². The molecule has 0 unspecified atom stereocenters. The van der Waals surface area contributed by atoms with Crippen LogP contribution in [0.2, 0.25) is 0 Å². The van der Waals surface area contributed by atoms with Gasteiger partial charge in [0, 0.05) is 45.2 Å². The largest absolute Gasteiger partial charge is 0.357 e. The van der Waals surface area contributed by atoms with E-state index in [9.17, 15) is 0 Å². The number of nitrogens with zero attached hydrogens (tertiary/aromatic N) is 3. The molecule has 0 saturated carbocycles. The van der Waals surface area contributed by atoms with E-state index in [0.29, 0.717) is 0 Å². The molecular formula is C26H40IN5.